The molecule has 0 radical (unpaired) electrons. The zero-order chi connectivity index (χ0) is 18.7. The second kappa shape index (κ2) is 7.72. The molecule has 0 bridgehead atoms. The van der Waals surface area contributed by atoms with Crippen molar-refractivity contribution in [2.75, 3.05) is 31.1 Å². The lowest BCUT2D eigenvalue weighted by Crippen LogP contribution is -2.42. The Hall–Kier alpha value is -2.64. The van der Waals surface area contributed by atoms with Crippen LogP contribution in [0.15, 0.2) is 18.2 Å². The van der Waals surface area contributed by atoms with Gasteiger partial charge in [-0.3, -0.25) is 14.5 Å². The van der Waals surface area contributed by atoms with E-state index in [0.717, 1.165) is 6.41 Å². The molecule has 8 heteroatoms. The van der Waals surface area contributed by atoms with Crippen molar-refractivity contribution in [2.45, 2.75) is 31.7 Å². The molecule has 1 atom stereocenters. The zero-order valence-electron chi connectivity index (χ0n) is 14.6. The molecule has 26 heavy (non-hydrogen) atoms. The van der Waals surface area contributed by atoms with Crippen LogP contribution in [-0.2, 0) is 14.3 Å². The number of benzene rings is 1. The Balaban J connectivity index is 1.74. The van der Waals surface area contributed by atoms with Crippen molar-refractivity contribution in [1.82, 2.24) is 10.2 Å². The molecule has 2 heterocycles. The monoisotopic (exact) mass is 363 g/mol. The highest BCUT2D eigenvalue weighted by Gasteiger charge is 2.35. The number of amides is 3. The minimum atomic E-state index is -0.549. The Morgan fingerprint density at radius 3 is 2.73 bits per heavy atom. The summed E-state index contributed by atoms with van der Waals surface area (Å²) in [7, 11) is 0. The molecule has 0 aliphatic carbocycles. The Morgan fingerprint density at radius 2 is 2.12 bits per heavy atom. The average molecular weight is 363 g/mol. The van der Waals surface area contributed by atoms with Crippen molar-refractivity contribution in [1.29, 1.82) is 0 Å². The molecule has 2 aliphatic heterocycles. The number of cyclic esters (lactones) is 1. The van der Waals surface area contributed by atoms with E-state index in [1.54, 1.807) is 17.0 Å². The average Bonchev–Trinajstić information content (AvgIpc) is 3.00. The smallest absolute Gasteiger partial charge is 0.414 e. The maximum Gasteiger partial charge on any atom is 0.414 e. The first-order chi connectivity index (χ1) is 12.5. The largest absolute Gasteiger partial charge is 0.447 e. The van der Waals surface area contributed by atoms with Crippen LogP contribution in [-0.4, -0.2) is 55.6 Å². The van der Waals surface area contributed by atoms with Crippen LogP contribution in [0.1, 0.15) is 31.2 Å². The lowest BCUT2D eigenvalue weighted by atomic mass is 9.89. The van der Waals surface area contributed by atoms with Crippen LogP contribution in [0.25, 0.3) is 0 Å². The van der Waals surface area contributed by atoms with Crippen molar-refractivity contribution >= 4 is 24.1 Å². The normalized spacial score (nSPS) is 20.8. The number of rotatable bonds is 5. The lowest BCUT2D eigenvalue weighted by molar-refractivity contribution is -0.119. The number of carbonyl (C=O) groups excluding carboxylic acids is 3. The summed E-state index contributed by atoms with van der Waals surface area (Å²) in [6.07, 6.45) is 1.70. The van der Waals surface area contributed by atoms with Crippen molar-refractivity contribution in [3.63, 3.8) is 0 Å². The minimum absolute atomic E-state index is 0.0564. The fourth-order valence-corrected chi connectivity index (χ4v) is 3.50. The zero-order valence-corrected chi connectivity index (χ0v) is 14.6. The number of nitrogens with one attached hydrogen (secondary N) is 1. The predicted octanol–water partition coefficient (Wildman–Crippen LogP) is 1.62. The summed E-state index contributed by atoms with van der Waals surface area (Å²) < 4.78 is 19.8. The molecule has 7 nitrogen and oxygen atoms in total. The van der Waals surface area contributed by atoms with Crippen LogP contribution in [0, 0.1) is 5.82 Å². The summed E-state index contributed by atoms with van der Waals surface area (Å²) in [6, 6.07) is 4.38. The van der Waals surface area contributed by atoms with Crippen LogP contribution in [0.3, 0.4) is 0 Å². The number of carbonyl (C=O) groups is 3. The van der Waals surface area contributed by atoms with Crippen LogP contribution >= 0.6 is 0 Å². The van der Waals surface area contributed by atoms with Gasteiger partial charge in [-0.15, -0.1) is 0 Å². The molecule has 0 saturated carbocycles. The number of halogens is 1. The van der Waals surface area contributed by atoms with Gasteiger partial charge >= 0.3 is 6.09 Å². The number of hydrogen-bond acceptors (Lipinski definition) is 4. The van der Waals surface area contributed by atoms with Gasteiger partial charge in [-0.1, -0.05) is 6.07 Å². The Labute approximate surface area is 151 Å². The third-order valence-electron chi connectivity index (χ3n) is 4.93. The van der Waals surface area contributed by atoms with Gasteiger partial charge in [-0.25, -0.2) is 9.18 Å². The van der Waals surface area contributed by atoms with Gasteiger partial charge < -0.3 is 15.0 Å². The van der Waals surface area contributed by atoms with Crippen molar-refractivity contribution in [3.8, 4) is 0 Å². The molecule has 1 aromatic carbocycles. The molecule has 3 amide bonds. The summed E-state index contributed by atoms with van der Waals surface area (Å²) in [5.74, 6) is -0.515. The Kier molecular flexibility index (Phi) is 5.39. The van der Waals surface area contributed by atoms with Gasteiger partial charge in [0.05, 0.1) is 11.7 Å². The molecule has 2 aliphatic rings. The van der Waals surface area contributed by atoms with Gasteiger partial charge in [0.1, 0.15) is 12.4 Å². The number of ether oxygens (including phenoxy) is 1. The number of likely N-dealkylation sites (tertiary alicyclic amines) is 1. The lowest BCUT2D eigenvalue weighted by Gasteiger charge is -2.30. The highest BCUT2D eigenvalue weighted by molar-refractivity contribution is 5.90. The van der Waals surface area contributed by atoms with E-state index in [1.807, 2.05) is 0 Å². The Bertz CT molecular complexity index is 704. The molecule has 1 aromatic rings. The maximum absolute atomic E-state index is 14.7. The second-order valence-electron chi connectivity index (χ2n) is 6.66. The highest BCUT2D eigenvalue weighted by atomic mass is 19.1. The fourth-order valence-electron chi connectivity index (χ4n) is 3.50. The molecule has 0 aromatic heterocycles. The van der Waals surface area contributed by atoms with E-state index in [4.69, 9.17) is 4.74 Å². The van der Waals surface area contributed by atoms with Crippen LogP contribution in [0.5, 0.6) is 0 Å². The van der Waals surface area contributed by atoms with Crippen molar-refractivity contribution in [2.24, 2.45) is 0 Å². The quantitative estimate of drug-likeness (QED) is 0.807. The Morgan fingerprint density at radius 1 is 1.38 bits per heavy atom. The standard InChI is InChI=1S/C18H22FN3O4/c1-12(24)20-9-15-10-26-18(25)22(15)14-2-3-16(17(19)8-14)13-4-6-21(11-23)7-5-13/h2-3,8,11,13,15H,4-7,9-10H2,1H3,(H,20,24)/t15-/m0/s1. The van der Waals surface area contributed by atoms with E-state index in [1.165, 1.54) is 17.9 Å². The number of anilines is 1. The first-order valence-corrected chi connectivity index (χ1v) is 8.69. The van der Waals surface area contributed by atoms with Crippen LogP contribution in [0.2, 0.25) is 0 Å². The third kappa shape index (κ3) is 3.79. The van der Waals surface area contributed by atoms with Crippen LogP contribution < -0.4 is 10.2 Å². The van der Waals surface area contributed by atoms with E-state index >= 15 is 0 Å². The third-order valence-corrected chi connectivity index (χ3v) is 4.93. The van der Waals surface area contributed by atoms with E-state index in [-0.39, 0.29) is 36.8 Å². The van der Waals surface area contributed by atoms with Gasteiger partial charge in [0.15, 0.2) is 0 Å². The minimum Gasteiger partial charge on any atom is -0.447 e. The summed E-state index contributed by atoms with van der Waals surface area (Å²) in [4.78, 5) is 37.0. The van der Waals surface area contributed by atoms with Gasteiger partial charge in [0.25, 0.3) is 0 Å². The molecule has 2 fully saturated rings. The molecule has 140 valence electrons. The van der Waals surface area contributed by atoms with Gasteiger partial charge in [-0.05, 0) is 36.5 Å². The molecular weight excluding hydrogens is 341 g/mol. The van der Waals surface area contributed by atoms with Gasteiger partial charge in [0.2, 0.25) is 12.3 Å². The number of hydrogen-bond donors (Lipinski definition) is 1. The summed E-state index contributed by atoms with van der Waals surface area (Å²) in [5.41, 5.74) is 1.01. The molecule has 3 rings (SSSR count). The topological polar surface area (TPSA) is 79.0 Å². The molecule has 0 spiro atoms. The van der Waals surface area contributed by atoms with Crippen molar-refractivity contribution < 1.29 is 23.5 Å². The van der Waals surface area contributed by atoms with Gasteiger partial charge in [0, 0.05) is 26.6 Å². The van der Waals surface area contributed by atoms with E-state index in [0.29, 0.717) is 37.2 Å². The summed E-state index contributed by atoms with van der Waals surface area (Å²) in [6.45, 7) is 3.02. The maximum atomic E-state index is 14.7. The van der Waals surface area contributed by atoms with E-state index in [9.17, 15) is 18.8 Å². The highest BCUT2D eigenvalue weighted by Crippen LogP contribution is 2.32. The molecule has 1 N–H and O–H groups in total. The van der Waals surface area contributed by atoms with Gasteiger partial charge in [-0.2, -0.15) is 0 Å². The first kappa shape index (κ1) is 18.2. The first-order valence-electron chi connectivity index (χ1n) is 8.69. The SMILES string of the molecule is CC(=O)NC[C@H]1COC(=O)N1c1ccc(C2CCN(C=O)CC2)c(F)c1. The van der Waals surface area contributed by atoms with Crippen molar-refractivity contribution in [3.05, 3.63) is 29.6 Å². The molecular formula is C18H22FN3O4. The number of piperidine rings is 1. The number of nitrogens with zero attached hydrogens (tertiary/aromatic N) is 2. The predicted molar refractivity (Wildman–Crippen MR) is 92.3 cm³/mol. The van der Waals surface area contributed by atoms with E-state index in [2.05, 4.69) is 5.32 Å². The second-order valence-corrected chi connectivity index (χ2v) is 6.66. The van der Waals surface area contributed by atoms with Crippen LogP contribution in [0.4, 0.5) is 14.9 Å². The fraction of sp³-hybridized carbons (Fsp3) is 0.500. The molecule has 2 saturated heterocycles. The molecule has 0 unspecified atom stereocenters. The summed E-state index contributed by atoms with van der Waals surface area (Å²) >= 11 is 0. The summed E-state index contributed by atoms with van der Waals surface area (Å²) in [5, 5.41) is 2.66. The van der Waals surface area contributed by atoms with E-state index < -0.39 is 6.09 Å².